The largest absolute Gasteiger partial charge is 0.465 e. The third-order valence-electron chi connectivity index (χ3n) is 4.35. The van der Waals surface area contributed by atoms with Gasteiger partial charge in [-0.1, -0.05) is 141 Å². The van der Waals surface area contributed by atoms with Gasteiger partial charge in [-0.25, -0.2) is 0 Å². The van der Waals surface area contributed by atoms with Crippen molar-refractivity contribution >= 4 is 56.7 Å². The summed E-state index contributed by atoms with van der Waals surface area (Å²) in [6.45, 7) is 2.67. The fourth-order valence-electron chi connectivity index (χ4n) is 2.74. The summed E-state index contributed by atoms with van der Waals surface area (Å²) in [5, 5.41) is 0.0549. The van der Waals surface area contributed by atoms with Crippen molar-refractivity contribution in [3.63, 3.8) is 0 Å². The lowest BCUT2D eigenvalue weighted by Gasteiger charge is -2.09. The van der Waals surface area contributed by atoms with Crippen LogP contribution in [-0.4, -0.2) is 17.4 Å². The molecular formula is C20H34BrCl3O2. The number of carbonyl (C=O) groups is 1. The van der Waals surface area contributed by atoms with Gasteiger partial charge >= 0.3 is 5.97 Å². The van der Waals surface area contributed by atoms with E-state index in [0.29, 0.717) is 6.61 Å². The first-order chi connectivity index (χ1) is 12.5. The normalized spacial score (nSPS) is 12.0. The predicted octanol–water partition coefficient (Wildman–Crippen LogP) is 8.66. The summed E-state index contributed by atoms with van der Waals surface area (Å²) >= 11 is 20.0. The molecule has 0 rings (SSSR count). The summed E-state index contributed by atoms with van der Waals surface area (Å²) in [6.07, 6.45) is 18.2. The van der Waals surface area contributed by atoms with E-state index < -0.39 is 10.8 Å². The number of ether oxygens (including phenoxy) is 1. The van der Waals surface area contributed by atoms with Crippen molar-refractivity contribution in [2.75, 3.05) is 6.61 Å². The Morgan fingerprint density at radius 1 is 0.769 bits per heavy atom. The number of alkyl halides is 1. The highest BCUT2D eigenvalue weighted by atomic mass is 79.9. The molecule has 0 saturated carbocycles. The van der Waals surface area contributed by atoms with E-state index in [1.807, 2.05) is 0 Å². The molecule has 1 atom stereocenters. The van der Waals surface area contributed by atoms with Gasteiger partial charge in [-0.2, -0.15) is 0 Å². The van der Waals surface area contributed by atoms with Crippen molar-refractivity contribution in [1.29, 1.82) is 0 Å². The SMILES string of the molecule is CCCCCCCCCCCCCCCCOC(=O)C(Br)C(Cl)=C(Cl)Cl. The molecule has 0 amide bonds. The van der Waals surface area contributed by atoms with Crippen LogP contribution in [-0.2, 0) is 9.53 Å². The Balaban J connectivity index is 3.34. The fraction of sp³-hybridized carbons (Fsp3) is 0.850. The van der Waals surface area contributed by atoms with Gasteiger partial charge in [0.25, 0.3) is 0 Å². The number of halogens is 4. The van der Waals surface area contributed by atoms with Crippen molar-refractivity contribution in [2.24, 2.45) is 0 Å². The third-order valence-corrected chi connectivity index (χ3v) is 6.46. The smallest absolute Gasteiger partial charge is 0.325 e. The summed E-state index contributed by atoms with van der Waals surface area (Å²) in [5.74, 6) is -0.455. The molecule has 2 nitrogen and oxygen atoms in total. The molecule has 0 aromatic rings. The minimum atomic E-state index is -0.791. The Bertz CT molecular complexity index is 385. The number of hydrogen-bond donors (Lipinski definition) is 0. The average Bonchev–Trinajstić information content (AvgIpc) is 2.63. The lowest BCUT2D eigenvalue weighted by atomic mass is 10.0. The highest BCUT2D eigenvalue weighted by Crippen LogP contribution is 2.26. The number of carbonyl (C=O) groups excluding carboxylic acids is 1. The van der Waals surface area contributed by atoms with E-state index in [2.05, 4.69) is 22.9 Å². The maximum atomic E-state index is 11.7. The molecule has 154 valence electrons. The summed E-state index contributed by atoms with van der Waals surface area (Å²) in [4.78, 5) is 10.9. The predicted molar refractivity (Wildman–Crippen MR) is 119 cm³/mol. The van der Waals surface area contributed by atoms with Crippen LogP contribution in [0.25, 0.3) is 0 Å². The summed E-state index contributed by atoms with van der Waals surface area (Å²) in [7, 11) is 0. The first-order valence-electron chi connectivity index (χ1n) is 10.0. The van der Waals surface area contributed by atoms with E-state index in [-0.39, 0.29) is 9.52 Å². The van der Waals surface area contributed by atoms with Gasteiger partial charge in [0.05, 0.1) is 11.6 Å². The molecule has 1 unspecified atom stereocenters. The van der Waals surface area contributed by atoms with Crippen LogP contribution in [0.4, 0.5) is 0 Å². The van der Waals surface area contributed by atoms with Crippen LogP contribution >= 0.6 is 50.7 Å². The van der Waals surface area contributed by atoms with Crippen molar-refractivity contribution < 1.29 is 9.53 Å². The van der Waals surface area contributed by atoms with Crippen LogP contribution in [0.15, 0.2) is 9.52 Å². The molecule has 0 fully saturated rings. The van der Waals surface area contributed by atoms with E-state index in [1.165, 1.54) is 77.0 Å². The summed E-state index contributed by atoms with van der Waals surface area (Å²) in [6, 6.07) is 0. The Kier molecular flexibility index (Phi) is 19.3. The Labute approximate surface area is 183 Å². The van der Waals surface area contributed by atoms with Gasteiger partial charge in [-0.3, -0.25) is 4.79 Å². The fourth-order valence-corrected chi connectivity index (χ4v) is 3.67. The van der Waals surface area contributed by atoms with Crippen LogP contribution in [0.1, 0.15) is 96.8 Å². The second-order valence-electron chi connectivity index (χ2n) is 6.73. The summed E-state index contributed by atoms with van der Waals surface area (Å²) < 4.78 is 5.04. The Morgan fingerprint density at radius 3 is 1.54 bits per heavy atom. The Hall–Kier alpha value is 0.560. The van der Waals surface area contributed by atoms with Gasteiger partial charge in [0, 0.05) is 0 Å². The minimum Gasteiger partial charge on any atom is -0.465 e. The van der Waals surface area contributed by atoms with Crippen LogP contribution in [0.3, 0.4) is 0 Å². The zero-order valence-corrected chi connectivity index (χ0v) is 19.9. The molecule has 0 saturated heterocycles. The van der Waals surface area contributed by atoms with E-state index in [1.54, 1.807) is 0 Å². The maximum Gasteiger partial charge on any atom is 0.325 e. The average molecular weight is 493 g/mol. The number of hydrogen-bond acceptors (Lipinski definition) is 2. The highest BCUT2D eigenvalue weighted by Gasteiger charge is 2.22. The second-order valence-corrected chi connectivity index (χ2v) is 9.01. The molecule has 0 aliphatic heterocycles. The molecule has 0 aliphatic carbocycles. The monoisotopic (exact) mass is 490 g/mol. The topological polar surface area (TPSA) is 26.3 Å². The van der Waals surface area contributed by atoms with E-state index in [9.17, 15) is 4.79 Å². The first-order valence-corrected chi connectivity index (χ1v) is 12.1. The molecule has 0 aromatic carbocycles. The zero-order chi connectivity index (χ0) is 19.6. The standard InChI is InChI=1S/C20H34BrCl3O2/c1-2-3-4-5-6-7-8-9-10-11-12-13-14-15-16-26-20(25)17(21)18(22)19(23)24/h17H,2-16H2,1H3. The number of esters is 1. The van der Waals surface area contributed by atoms with Crippen molar-refractivity contribution in [3.05, 3.63) is 9.52 Å². The highest BCUT2D eigenvalue weighted by molar-refractivity contribution is 9.10. The molecule has 0 radical (unpaired) electrons. The van der Waals surface area contributed by atoms with E-state index in [4.69, 9.17) is 39.5 Å². The van der Waals surface area contributed by atoms with E-state index in [0.717, 1.165) is 12.8 Å². The lowest BCUT2D eigenvalue weighted by molar-refractivity contribution is -0.142. The van der Waals surface area contributed by atoms with Crippen LogP contribution in [0.5, 0.6) is 0 Å². The quantitative estimate of drug-likeness (QED) is 0.115. The molecule has 6 heteroatoms. The van der Waals surface area contributed by atoms with Crippen LogP contribution in [0.2, 0.25) is 0 Å². The van der Waals surface area contributed by atoms with Gasteiger partial charge < -0.3 is 4.74 Å². The molecule has 0 spiro atoms. The van der Waals surface area contributed by atoms with Gasteiger partial charge in [-0.15, -0.1) is 0 Å². The third kappa shape index (κ3) is 15.6. The molecule has 0 N–H and O–H groups in total. The molecule has 0 aliphatic rings. The lowest BCUT2D eigenvalue weighted by Crippen LogP contribution is -2.18. The molecular weight excluding hydrogens is 458 g/mol. The maximum absolute atomic E-state index is 11.7. The van der Waals surface area contributed by atoms with Gasteiger partial charge in [0.15, 0.2) is 0 Å². The van der Waals surface area contributed by atoms with Gasteiger partial charge in [-0.05, 0) is 6.42 Å². The van der Waals surface area contributed by atoms with Gasteiger partial charge in [0.1, 0.15) is 9.32 Å². The summed E-state index contributed by atoms with van der Waals surface area (Å²) in [5.41, 5.74) is 0. The van der Waals surface area contributed by atoms with Crippen LogP contribution in [0, 0.1) is 0 Å². The van der Waals surface area contributed by atoms with E-state index >= 15 is 0 Å². The molecule has 0 bridgehead atoms. The molecule has 0 heterocycles. The number of unbranched alkanes of at least 4 members (excludes halogenated alkanes) is 13. The zero-order valence-electron chi connectivity index (χ0n) is 16.0. The van der Waals surface area contributed by atoms with Crippen molar-refractivity contribution in [2.45, 2.75) is 102 Å². The van der Waals surface area contributed by atoms with Gasteiger partial charge in [0.2, 0.25) is 0 Å². The number of rotatable bonds is 17. The first kappa shape index (κ1) is 26.6. The molecule has 0 aromatic heterocycles. The molecule has 26 heavy (non-hydrogen) atoms. The Morgan fingerprint density at radius 2 is 1.15 bits per heavy atom. The minimum absolute atomic E-state index is 0.0549. The van der Waals surface area contributed by atoms with Crippen molar-refractivity contribution in [3.8, 4) is 0 Å². The second kappa shape index (κ2) is 18.9. The van der Waals surface area contributed by atoms with Crippen LogP contribution < -0.4 is 0 Å². The van der Waals surface area contributed by atoms with Crippen molar-refractivity contribution in [1.82, 2.24) is 0 Å².